The second kappa shape index (κ2) is 9.49. The second-order valence-electron chi connectivity index (χ2n) is 7.95. The number of nitrogens with zero attached hydrogens (tertiary/aromatic N) is 2. The Morgan fingerprint density at radius 3 is 2.29 bits per heavy atom. The molecule has 1 amide bonds. The lowest BCUT2D eigenvalue weighted by Gasteiger charge is -2.35. The summed E-state index contributed by atoms with van der Waals surface area (Å²) in [6.45, 7) is 6.66. The zero-order valence-corrected chi connectivity index (χ0v) is 16.8. The number of nitrogens with one attached hydrogen (secondary N) is 1. The fourth-order valence-electron chi connectivity index (χ4n) is 3.59. The van der Waals surface area contributed by atoms with Crippen LogP contribution in [0.1, 0.15) is 40.0 Å². The van der Waals surface area contributed by atoms with Crippen molar-refractivity contribution >= 4 is 23.2 Å². The number of anilines is 1. The lowest BCUT2D eigenvalue weighted by Crippen LogP contribution is -2.35. The van der Waals surface area contributed by atoms with Crippen LogP contribution in [0.25, 0.3) is 0 Å². The smallest absolute Gasteiger partial charge is 0.411 e. The van der Waals surface area contributed by atoms with Gasteiger partial charge in [-0.15, -0.1) is 0 Å². The minimum absolute atomic E-state index is 0.0138. The number of amides is 1. The first-order valence-electron chi connectivity index (χ1n) is 10.1. The van der Waals surface area contributed by atoms with Crippen LogP contribution in [0.4, 0.5) is 21.9 Å². The van der Waals surface area contributed by atoms with Crippen molar-refractivity contribution in [2.24, 2.45) is 28.0 Å². The molecule has 0 heterocycles. The van der Waals surface area contributed by atoms with Gasteiger partial charge in [-0.25, -0.2) is 4.79 Å². The van der Waals surface area contributed by atoms with Gasteiger partial charge in [0.15, 0.2) is 0 Å². The number of ether oxygens (including phenoxy) is 1. The summed E-state index contributed by atoms with van der Waals surface area (Å²) in [6, 6.07) is 16.8. The molecular weight excluding hydrogens is 350 g/mol. The van der Waals surface area contributed by atoms with Gasteiger partial charge in [-0.3, -0.25) is 5.32 Å². The number of benzene rings is 2. The average Bonchev–Trinajstić information content (AvgIpc) is 2.70. The molecule has 0 aromatic heterocycles. The molecule has 0 aliphatic heterocycles. The van der Waals surface area contributed by atoms with Gasteiger partial charge in [-0.05, 0) is 73.4 Å². The number of rotatable bonds is 5. The molecule has 1 N–H and O–H groups in total. The SMILES string of the molecule is CC(C)C1CCC(C)C(OC(=O)Nc2ccc(N=Nc3ccccc3)cc2)C1. The van der Waals surface area contributed by atoms with E-state index < -0.39 is 0 Å². The summed E-state index contributed by atoms with van der Waals surface area (Å²) in [7, 11) is 0. The zero-order chi connectivity index (χ0) is 19.9. The van der Waals surface area contributed by atoms with E-state index in [1.54, 1.807) is 0 Å². The van der Waals surface area contributed by atoms with Crippen molar-refractivity contribution < 1.29 is 9.53 Å². The van der Waals surface area contributed by atoms with Crippen LogP contribution in [0.5, 0.6) is 0 Å². The molecule has 1 aliphatic carbocycles. The van der Waals surface area contributed by atoms with E-state index in [1.807, 2.05) is 54.6 Å². The highest BCUT2D eigenvalue weighted by Crippen LogP contribution is 2.35. The van der Waals surface area contributed by atoms with Crippen LogP contribution >= 0.6 is 0 Å². The quantitative estimate of drug-likeness (QED) is 0.562. The number of hydrogen-bond acceptors (Lipinski definition) is 4. The van der Waals surface area contributed by atoms with Gasteiger partial charge < -0.3 is 4.74 Å². The molecule has 5 heteroatoms. The van der Waals surface area contributed by atoms with Crippen LogP contribution in [0.15, 0.2) is 64.8 Å². The van der Waals surface area contributed by atoms with Crippen molar-refractivity contribution in [1.82, 2.24) is 0 Å². The fourth-order valence-corrected chi connectivity index (χ4v) is 3.59. The van der Waals surface area contributed by atoms with E-state index in [2.05, 4.69) is 36.3 Å². The van der Waals surface area contributed by atoms with Crippen LogP contribution in [0, 0.1) is 17.8 Å². The summed E-state index contributed by atoms with van der Waals surface area (Å²) >= 11 is 0. The van der Waals surface area contributed by atoms with Crippen molar-refractivity contribution in [1.29, 1.82) is 0 Å². The van der Waals surface area contributed by atoms with Crippen LogP contribution in [-0.2, 0) is 4.74 Å². The molecule has 0 saturated heterocycles. The van der Waals surface area contributed by atoms with Gasteiger partial charge in [0.1, 0.15) is 6.10 Å². The van der Waals surface area contributed by atoms with Gasteiger partial charge in [0.2, 0.25) is 0 Å². The van der Waals surface area contributed by atoms with E-state index >= 15 is 0 Å². The number of carbonyl (C=O) groups is 1. The van der Waals surface area contributed by atoms with E-state index in [0.29, 0.717) is 23.4 Å². The maximum atomic E-state index is 12.3. The zero-order valence-electron chi connectivity index (χ0n) is 16.8. The highest BCUT2D eigenvalue weighted by Gasteiger charge is 2.31. The van der Waals surface area contributed by atoms with Crippen LogP contribution in [0.2, 0.25) is 0 Å². The summed E-state index contributed by atoms with van der Waals surface area (Å²) in [5.74, 6) is 1.66. The Labute approximate surface area is 167 Å². The first-order valence-corrected chi connectivity index (χ1v) is 10.1. The molecule has 1 saturated carbocycles. The van der Waals surface area contributed by atoms with Crippen molar-refractivity contribution in [2.45, 2.75) is 46.1 Å². The minimum atomic E-state index is -0.389. The Balaban J connectivity index is 1.53. The molecule has 3 unspecified atom stereocenters. The molecule has 3 rings (SSSR count). The Morgan fingerprint density at radius 2 is 1.64 bits per heavy atom. The Kier molecular flexibility index (Phi) is 6.80. The molecular formula is C23H29N3O2. The summed E-state index contributed by atoms with van der Waals surface area (Å²) in [5.41, 5.74) is 2.21. The van der Waals surface area contributed by atoms with Gasteiger partial charge in [-0.2, -0.15) is 10.2 Å². The monoisotopic (exact) mass is 379 g/mol. The maximum Gasteiger partial charge on any atom is 0.411 e. The van der Waals surface area contributed by atoms with Crippen molar-refractivity contribution in [3.8, 4) is 0 Å². The third-order valence-electron chi connectivity index (χ3n) is 5.51. The first-order chi connectivity index (χ1) is 13.5. The molecule has 3 atom stereocenters. The normalized spacial score (nSPS) is 22.4. The predicted molar refractivity (Wildman–Crippen MR) is 112 cm³/mol. The molecule has 5 nitrogen and oxygen atoms in total. The van der Waals surface area contributed by atoms with E-state index in [9.17, 15) is 4.79 Å². The molecule has 1 aliphatic rings. The average molecular weight is 380 g/mol. The molecule has 2 aromatic rings. The van der Waals surface area contributed by atoms with Crippen LogP contribution < -0.4 is 5.32 Å². The summed E-state index contributed by atoms with van der Waals surface area (Å²) in [4.78, 5) is 12.3. The van der Waals surface area contributed by atoms with E-state index in [4.69, 9.17) is 4.74 Å². The standard InChI is InChI=1S/C23H29N3O2/c1-16(2)18-10-9-17(3)22(15-18)28-23(27)24-19-11-13-21(14-12-19)26-25-20-7-5-4-6-8-20/h4-8,11-14,16-18,22H,9-10,15H2,1-3H3,(H,24,27). The van der Waals surface area contributed by atoms with Gasteiger partial charge in [0, 0.05) is 5.69 Å². The van der Waals surface area contributed by atoms with E-state index in [0.717, 1.165) is 24.2 Å². The topological polar surface area (TPSA) is 63.0 Å². The largest absolute Gasteiger partial charge is 0.446 e. The van der Waals surface area contributed by atoms with Crippen LogP contribution in [0.3, 0.4) is 0 Å². The third kappa shape index (κ3) is 5.65. The molecule has 2 aromatic carbocycles. The molecule has 0 spiro atoms. The van der Waals surface area contributed by atoms with Gasteiger partial charge >= 0.3 is 6.09 Å². The lowest BCUT2D eigenvalue weighted by molar-refractivity contribution is 0.0246. The van der Waals surface area contributed by atoms with Crippen molar-refractivity contribution in [2.75, 3.05) is 5.32 Å². The first kappa shape index (κ1) is 20.1. The predicted octanol–water partition coefficient (Wildman–Crippen LogP) is 7.11. The highest BCUT2D eigenvalue weighted by atomic mass is 16.6. The molecule has 0 radical (unpaired) electrons. The number of carbonyl (C=O) groups excluding carboxylic acids is 1. The number of hydrogen-bond donors (Lipinski definition) is 1. The summed E-state index contributed by atoms with van der Waals surface area (Å²) in [6.07, 6.45) is 2.88. The lowest BCUT2D eigenvalue weighted by atomic mass is 9.76. The molecule has 28 heavy (non-hydrogen) atoms. The highest BCUT2D eigenvalue weighted by molar-refractivity contribution is 5.84. The minimum Gasteiger partial charge on any atom is -0.446 e. The maximum absolute atomic E-state index is 12.3. The van der Waals surface area contributed by atoms with Crippen molar-refractivity contribution in [3.63, 3.8) is 0 Å². The van der Waals surface area contributed by atoms with E-state index in [1.165, 1.54) is 6.42 Å². The molecule has 0 bridgehead atoms. The fraction of sp³-hybridized carbons (Fsp3) is 0.435. The Bertz CT molecular complexity index is 787. The van der Waals surface area contributed by atoms with Crippen LogP contribution in [-0.4, -0.2) is 12.2 Å². The van der Waals surface area contributed by atoms with E-state index in [-0.39, 0.29) is 12.2 Å². The Morgan fingerprint density at radius 1 is 1.00 bits per heavy atom. The van der Waals surface area contributed by atoms with Gasteiger partial charge in [-0.1, -0.05) is 39.0 Å². The molecule has 1 fully saturated rings. The van der Waals surface area contributed by atoms with Gasteiger partial charge in [0.25, 0.3) is 0 Å². The van der Waals surface area contributed by atoms with Gasteiger partial charge in [0.05, 0.1) is 11.4 Å². The molecule has 148 valence electrons. The summed E-state index contributed by atoms with van der Waals surface area (Å²) in [5, 5.41) is 11.2. The second-order valence-corrected chi connectivity index (χ2v) is 7.95. The van der Waals surface area contributed by atoms with Crippen molar-refractivity contribution in [3.05, 3.63) is 54.6 Å². The number of azo groups is 1. The summed E-state index contributed by atoms with van der Waals surface area (Å²) < 4.78 is 5.73. The third-order valence-corrected chi connectivity index (χ3v) is 5.51. The Hall–Kier alpha value is -2.69.